The average Bonchev–Trinajstić information content (AvgIpc) is 2.74. The van der Waals surface area contributed by atoms with Gasteiger partial charge in [0.1, 0.15) is 5.82 Å². The Balaban J connectivity index is 2.60. The largest absolute Gasteiger partial charge is 0.394 e. The molecule has 0 radical (unpaired) electrons. The maximum atomic E-state index is 11.5. The van der Waals surface area contributed by atoms with Gasteiger partial charge in [0.05, 0.1) is 12.6 Å². The molecule has 1 heterocycles. The summed E-state index contributed by atoms with van der Waals surface area (Å²) in [5, 5.41) is 18.0. The lowest BCUT2D eigenvalue weighted by Crippen LogP contribution is -2.37. The number of hydrogen-bond acceptors (Lipinski definition) is 4. The molecule has 0 saturated carbocycles. The molecular formula is C9H16N4O2. The van der Waals surface area contributed by atoms with Crippen LogP contribution in [0, 0.1) is 0 Å². The van der Waals surface area contributed by atoms with E-state index in [2.05, 4.69) is 20.5 Å². The van der Waals surface area contributed by atoms with E-state index in [0.717, 1.165) is 0 Å². The van der Waals surface area contributed by atoms with Gasteiger partial charge in [0, 0.05) is 6.42 Å². The normalized spacial score (nSPS) is 12.5. The molecule has 0 aliphatic carbocycles. The Morgan fingerprint density at radius 1 is 1.60 bits per heavy atom. The van der Waals surface area contributed by atoms with Crippen LogP contribution in [-0.4, -0.2) is 38.8 Å². The van der Waals surface area contributed by atoms with Crippen molar-refractivity contribution in [3.05, 3.63) is 11.6 Å². The van der Waals surface area contributed by atoms with Crippen molar-refractivity contribution in [1.29, 1.82) is 0 Å². The van der Waals surface area contributed by atoms with Crippen molar-refractivity contribution in [3.8, 4) is 0 Å². The monoisotopic (exact) mass is 212 g/mol. The Hall–Kier alpha value is -1.43. The van der Waals surface area contributed by atoms with Gasteiger partial charge in [-0.25, -0.2) is 4.98 Å². The summed E-state index contributed by atoms with van der Waals surface area (Å²) in [6.07, 6.45) is 1.38. The highest BCUT2D eigenvalue weighted by Crippen LogP contribution is 1.96. The maximum Gasteiger partial charge on any atom is 0.291 e. The minimum atomic E-state index is -0.355. The van der Waals surface area contributed by atoms with Gasteiger partial charge in [0.25, 0.3) is 5.91 Å². The van der Waals surface area contributed by atoms with Gasteiger partial charge in [0.15, 0.2) is 0 Å². The van der Waals surface area contributed by atoms with Crippen LogP contribution in [0.3, 0.4) is 0 Å². The number of aryl methyl sites for hydroxylation is 1. The third-order valence-corrected chi connectivity index (χ3v) is 2.12. The summed E-state index contributed by atoms with van der Waals surface area (Å²) in [5.41, 5.74) is 0. The first-order valence-corrected chi connectivity index (χ1v) is 5.04. The standard InChI is InChI=1S/C9H16N4O2/c1-3-6(5-14)10-9(15)8-11-7(4-2)12-13-8/h6,14H,3-5H2,1-2H3,(H,10,15)(H,11,12,13)/t6-/m0/s1. The molecule has 1 atom stereocenters. The van der Waals surface area contributed by atoms with E-state index in [1.165, 1.54) is 0 Å². The van der Waals surface area contributed by atoms with Gasteiger partial charge < -0.3 is 10.4 Å². The number of nitrogens with one attached hydrogen (secondary N) is 2. The molecule has 0 unspecified atom stereocenters. The maximum absolute atomic E-state index is 11.5. The van der Waals surface area contributed by atoms with Crippen LogP contribution in [-0.2, 0) is 6.42 Å². The van der Waals surface area contributed by atoms with Crippen molar-refractivity contribution < 1.29 is 9.90 Å². The summed E-state index contributed by atoms with van der Waals surface area (Å²) in [5.74, 6) is 0.447. The molecule has 0 bridgehead atoms. The van der Waals surface area contributed by atoms with E-state index in [-0.39, 0.29) is 24.4 Å². The number of aliphatic hydroxyl groups is 1. The van der Waals surface area contributed by atoms with Crippen molar-refractivity contribution in [2.24, 2.45) is 0 Å². The summed E-state index contributed by atoms with van der Waals surface area (Å²) in [6.45, 7) is 3.73. The highest BCUT2D eigenvalue weighted by molar-refractivity contribution is 5.90. The molecular weight excluding hydrogens is 196 g/mol. The van der Waals surface area contributed by atoms with Crippen molar-refractivity contribution in [2.45, 2.75) is 32.7 Å². The molecule has 0 aromatic carbocycles. The Kier molecular flexibility index (Phi) is 4.23. The number of aliphatic hydroxyl groups excluding tert-OH is 1. The van der Waals surface area contributed by atoms with Gasteiger partial charge in [-0.2, -0.15) is 0 Å². The van der Waals surface area contributed by atoms with E-state index >= 15 is 0 Å². The molecule has 1 aromatic heterocycles. The van der Waals surface area contributed by atoms with Gasteiger partial charge in [0.2, 0.25) is 5.82 Å². The zero-order valence-electron chi connectivity index (χ0n) is 8.95. The molecule has 3 N–H and O–H groups in total. The fourth-order valence-electron chi connectivity index (χ4n) is 1.08. The first-order valence-electron chi connectivity index (χ1n) is 5.04. The molecule has 1 amide bonds. The fraction of sp³-hybridized carbons (Fsp3) is 0.667. The van der Waals surface area contributed by atoms with Crippen molar-refractivity contribution in [1.82, 2.24) is 20.5 Å². The molecule has 15 heavy (non-hydrogen) atoms. The van der Waals surface area contributed by atoms with Crippen LogP contribution in [0.1, 0.15) is 36.7 Å². The Bertz CT molecular complexity index is 320. The molecule has 0 aliphatic rings. The molecule has 0 saturated heterocycles. The number of amides is 1. The third-order valence-electron chi connectivity index (χ3n) is 2.12. The van der Waals surface area contributed by atoms with Gasteiger partial charge in [-0.3, -0.25) is 9.89 Å². The van der Waals surface area contributed by atoms with Crippen LogP contribution in [0.25, 0.3) is 0 Å². The lowest BCUT2D eigenvalue weighted by Gasteiger charge is -2.11. The summed E-state index contributed by atoms with van der Waals surface area (Å²) in [4.78, 5) is 15.5. The van der Waals surface area contributed by atoms with E-state index < -0.39 is 0 Å². The highest BCUT2D eigenvalue weighted by atomic mass is 16.3. The van der Waals surface area contributed by atoms with Crippen molar-refractivity contribution in [3.63, 3.8) is 0 Å². The summed E-state index contributed by atoms with van der Waals surface area (Å²) in [7, 11) is 0. The summed E-state index contributed by atoms with van der Waals surface area (Å²) in [6, 6.07) is -0.235. The van der Waals surface area contributed by atoms with E-state index in [1.54, 1.807) is 0 Å². The number of nitrogens with zero attached hydrogens (tertiary/aromatic N) is 2. The second-order valence-corrected chi connectivity index (χ2v) is 3.22. The number of aromatic nitrogens is 3. The van der Waals surface area contributed by atoms with Gasteiger partial charge >= 0.3 is 0 Å². The average molecular weight is 212 g/mol. The van der Waals surface area contributed by atoms with Crippen molar-refractivity contribution >= 4 is 5.91 Å². The minimum Gasteiger partial charge on any atom is -0.394 e. The molecule has 84 valence electrons. The smallest absolute Gasteiger partial charge is 0.291 e. The zero-order valence-corrected chi connectivity index (χ0v) is 8.95. The van der Waals surface area contributed by atoms with E-state index in [1.807, 2.05) is 13.8 Å². The first-order chi connectivity index (χ1) is 7.21. The number of hydrogen-bond donors (Lipinski definition) is 3. The van der Waals surface area contributed by atoms with Crippen LogP contribution in [0.5, 0.6) is 0 Å². The predicted octanol–water partition coefficient (Wildman–Crippen LogP) is -0.132. The Morgan fingerprint density at radius 3 is 2.80 bits per heavy atom. The molecule has 6 nitrogen and oxygen atoms in total. The van der Waals surface area contributed by atoms with Gasteiger partial charge in [-0.15, -0.1) is 5.10 Å². The lowest BCUT2D eigenvalue weighted by molar-refractivity contribution is 0.0904. The van der Waals surface area contributed by atoms with Crippen molar-refractivity contribution in [2.75, 3.05) is 6.61 Å². The van der Waals surface area contributed by atoms with Crippen LogP contribution in [0.4, 0.5) is 0 Å². The Labute approximate surface area is 88.1 Å². The lowest BCUT2D eigenvalue weighted by atomic mass is 10.2. The first kappa shape index (κ1) is 11.6. The Morgan fingerprint density at radius 2 is 2.33 bits per heavy atom. The molecule has 0 spiro atoms. The van der Waals surface area contributed by atoms with Gasteiger partial charge in [-0.05, 0) is 6.42 Å². The van der Waals surface area contributed by atoms with Crippen LogP contribution >= 0.6 is 0 Å². The highest BCUT2D eigenvalue weighted by Gasteiger charge is 2.15. The van der Waals surface area contributed by atoms with Crippen LogP contribution < -0.4 is 5.32 Å². The van der Waals surface area contributed by atoms with E-state index in [0.29, 0.717) is 18.7 Å². The molecule has 6 heteroatoms. The topological polar surface area (TPSA) is 90.9 Å². The number of aromatic amines is 1. The molecule has 0 fully saturated rings. The summed E-state index contributed by atoms with van der Waals surface area (Å²) >= 11 is 0. The van der Waals surface area contributed by atoms with E-state index in [4.69, 9.17) is 5.11 Å². The third kappa shape index (κ3) is 3.02. The number of rotatable bonds is 5. The van der Waals surface area contributed by atoms with E-state index in [9.17, 15) is 4.79 Å². The number of carbonyl (C=O) groups excluding carboxylic acids is 1. The fourth-order valence-corrected chi connectivity index (χ4v) is 1.08. The SMILES string of the molecule is CCc1nc(C(=O)N[C@@H](CC)CO)n[nH]1. The van der Waals surface area contributed by atoms with Gasteiger partial charge in [-0.1, -0.05) is 13.8 Å². The quantitative estimate of drug-likeness (QED) is 0.634. The molecule has 1 rings (SSSR count). The minimum absolute atomic E-state index is 0.0761. The predicted molar refractivity (Wildman–Crippen MR) is 54.4 cm³/mol. The van der Waals surface area contributed by atoms with Crippen LogP contribution in [0.15, 0.2) is 0 Å². The second kappa shape index (κ2) is 5.45. The second-order valence-electron chi connectivity index (χ2n) is 3.22. The molecule has 0 aliphatic heterocycles. The number of carbonyl (C=O) groups is 1. The zero-order chi connectivity index (χ0) is 11.3. The van der Waals surface area contributed by atoms with Crippen LogP contribution in [0.2, 0.25) is 0 Å². The molecule has 1 aromatic rings. The number of H-pyrrole nitrogens is 1. The summed E-state index contributed by atoms with van der Waals surface area (Å²) < 4.78 is 0.